The number of nitro groups is 1. The van der Waals surface area contributed by atoms with Gasteiger partial charge in [0.05, 0.1) is 23.0 Å². The Kier molecular flexibility index (Phi) is 5.21. The van der Waals surface area contributed by atoms with E-state index in [9.17, 15) is 14.9 Å². The maximum absolute atomic E-state index is 12.2. The molecule has 0 N–H and O–H groups in total. The third-order valence-electron chi connectivity index (χ3n) is 3.16. The lowest BCUT2D eigenvalue weighted by molar-refractivity contribution is -0.386. The first-order valence-corrected chi connectivity index (χ1v) is 6.25. The average Bonchev–Trinajstić information content (AvgIpc) is 2.44. The monoisotopic (exact) mass is 276 g/mol. The topological polar surface area (TPSA) is 93.2 Å². The summed E-state index contributed by atoms with van der Waals surface area (Å²) in [6, 6.07) is 8.01. The Bertz CT molecular complexity index is 550. The summed E-state index contributed by atoms with van der Waals surface area (Å²) in [7, 11) is 0. The van der Waals surface area contributed by atoms with Crippen molar-refractivity contribution in [2.75, 3.05) is 6.61 Å². The van der Waals surface area contributed by atoms with E-state index in [1.54, 1.807) is 19.9 Å². The normalized spacial score (nSPS) is 13.1. The first-order valence-electron chi connectivity index (χ1n) is 6.25. The van der Waals surface area contributed by atoms with Gasteiger partial charge in [0, 0.05) is 18.1 Å². The van der Waals surface area contributed by atoms with Gasteiger partial charge in [0.2, 0.25) is 0 Å². The van der Waals surface area contributed by atoms with Gasteiger partial charge >= 0.3 is 5.97 Å². The fraction of sp³-hybridized carbons (Fsp3) is 0.429. The zero-order valence-corrected chi connectivity index (χ0v) is 11.5. The first kappa shape index (κ1) is 15.6. The molecular weight excluding hydrogens is 260 g/mol. The van der Waals surface area contributed by atoms with Gasteiger partial charge in [-0.25, -0.2) is 0 Å². The highest BCUT2D eigenvalue weighted by Gasteiger charge is 2.40. The zero-order chi connectivity index (χ0) is 15.2. The molecular formula is C14H16N2O4. The van der Waals surface area contributed by atoms with Crippen LogP contribution in [-0.2, 0) is 14.9 Å². The molecule has 0 aromatic heterocycles. The minimum atomic E-state index is -1.20. The number of ether oxygens (including phenoxy) is 1. The van der Waals surface area contributed by atoms with E-state index in [-0.39, 0.29) is 30.7 Å². The molecule has 1 rings (SSSR count). The second-order valence-corrected chi connectivity index (χ2v) is 4.48. The van der Waals surface area contributed by atoms with Crippen LogP contribution in [0.3, 0.4) is 0 Å². The number of hydrogen-bond acceptors (Lipinski definition) is 5. The number of hydrogen-bond donors (Lipinski definition) is 0. The maximum Gasteiger partial charge on any atom is 0.316 e. The van der Waals surface area contributed by atoms with Gasteiger partial charge in [-0.3, -0.25) is 14.9 Å². The number of para-hydroxylation sites is 1. The molecule has 1 aromatic rings. The average molecular weight is 276 g/mol. The molecule has 6 heteroatoms. The van der Waals surface area contributed by atoms with Crippen LogP contribution < -0.4 is 0 Å². The van der Waals surface area contributed by atoms with Crippen molar-refractivity contribution in [2.45, 2.75) is 32.1 Å². The molecule has 0 radical (unpaired) electrons. The number of nitriles is 1. The van der Waals surface area contributed by atoms with Crippen molar-refractivity contribution in [3.8, 4) is 6.07 Å². The lowest BCUT2D eigenvalue weighted by Gasteiger charge is -2.26. The van der Waals surface area contributed by atoms with E-state index in [2.05, 4.69) is 0 Å². The minimum absolute atomic E-state index is 0.112. The van der Waals surface area contributed by atoms with E-state index in [0.29, 0.717) is 0 Å². The highest BCUT2D eigenvalue weighted by atomic mass is 16.6. The molecule has 1 atom stereocenters. The molecule has 0 spiro atoms. The fourth-order valence-corrected chi connectivity index (χ4v) is 2.04. The molecule has 1 unspecified atom stereocenters. The molecule has 0 aliphatic rings. The molecule has 6 nitrogen and oxygen atoms in total. The Labute approximate surface area is 117 Å². The third-order valence-corrected chi connectivity index (χ3v) is 3.16. The molecule has 0 heterocycles. The van der Waals surface area contributed by atoms with Gasteiger partial charge in [-0.15, -0.1) is 0 Å². The lowest BCUT2D eigenvalue weighted by Crippen LogP contribution is -2.35. The van der Waals surface area contributed by atoms with E-state index in [4.69, 9.17) is 10.00 Å². The Hall–Kier alpha value is -2.42. The molecule has 0 bridgehead atoms. The molecule has 0 fully saturated rings. The quantitative estimate of drug-likeness (QED) is 0.452. The summed E-state index contributed by atoms with van der Waals surface area (Å²) in [6.07, 6.45) is 0.286. The number of carbonyl (C=O) groups excluding carboxylic acids is 1. The van der Waals surface area contributed by atoms with Gasteiger partial charge in [-0.1, -0.05) is 18.2 Å². The highest BCUT2D eigenvalue weighted by molar-refractivity contribution is 5.84. The highest BCUT2D eigenvalue weighted by Crippen LogP contribution is 2.36. The Morgan fingerprint density at radius 2 is 2.15 bits per heavy atom. The summed E-state index contributed by atoms with van der Waals surface area (Å²) in [5.41, 5.74) is -1.06. The second-order valence-electron chi connectivity index (χ2n) is 4.48. The molecule has 0 aliphatic carbocycles. The Morgan fingerprint density at radius 3 is 2.70 bits per heavy atom. The number of nitrogens with zero attached hydrogens (tertiary/aromatic N) is 2. The molecule has 0 saturated carbocycles. The van der Waals surface area contributed by atoms with Crippen LogP contribution in [0.2, 0.25) is 0 Å². The number of nitro benzene ring substituents is 1. The number of benzene rings is 1. The van der Waals surface area contributed by atoms with Crippen LogP contribution in [0, 0.1) is 21.4 Å². The van der Waals surface area contributed by atoms with Crippen molar-refractivity contribution in [1.82, 2.24) is 0 Å². The molecule has 0 amide bonds. The van der Waals surface area contributed by atoms with Gasteiger partial charge in [-0.05, 0) is 20.3 Å². The number of carbonyl (C=O) groups is 1. The van der Waals surface area contributed by atoms with Gasteiger partial charge in [-0.2, -0.15) is 5.26 Å². The van der Waals surface area contributed by atoms with Crippen molar-refractivity contribution < 1.29 is 14.5 Å². The summed E-state index contributed by atoms with van der Waals surface area (Å²) in [6.45, 7) is 3.42. The van der Waals surface area contributed by atoms with Gasteiger partial charge < -0.3 is 4.74 Å². The van der Waals surface area contributed by atoms with Crippen molar-refractivity contribution in [3.63, 3.8) is 0 Å². The van der Waals surface area contributed by atoms with E-state index in [1.165, 1.54) is 18.2 Å². The van der Waals surface area contributed by atoms with Crippen LogP contribution in [-0.4, -0.2) is 17.5 Å². The molecule has 1 aromatic carbocycles. The smallest absolute Gasteiger partial charge is 0.316 e. The maximum atomic E-state index is 12.2. The van der Waals surface area contributed by atoms with Crippen LogP contribution in [0.1, 0.15) is 32.3 Å². The van der Waals surface area contributed by atoms with Gasteiger partial charge in [0.25, 0.3) is 5.69 Å². The fourth-order valence-electron chi connectivity index (χ4n) is 2.04. The standard InChI is InChI=1S/C14H16N2O4/c1-3-20-13(17)14(2,9-6-10-15)11-7-4-5-8-12(11)16(18)19/h4-5,7-8H,3,6,9H2,1-2H3. The van der Waals surface area contributed by atoms with Crippen LogP contribution >= 0.6 is 0 Å². The van der Waals surface area contributed by atoms with E-state index >= 15 is 0 Å². The van der Waals surface area contributed by atoms with Gasteiger partial charge in [0.1, 0.15) is 0 Å². The summed E-state index contributed by atoms with van der Waals surface area (Å²) in [4.78, 5) is 22.8. The first-order chi connectivity index (χ1) is 9.47. The predicted molar refractivity (Wildman–Crippen MR) is 71.9 cm³/mol. The van der Waals surface area contributed by atoms with E-state index < -0.39 is 16.3 Å². The van der Waals surface area contributed by atoms with E-state index in [0.717, 1.165) is 0 Å². The second kappa shape index (κ2) is 6.66. The minimum Gasteiger partial charge on any atom is -0.465 e. The molecule has 106 valence electrons. The summed E-state index contributed by atoms with van der Waals surface area (Å²) < 4.78 is 5.02. The van der Waals surface area contributed by atoms with Crippen molar-refractivity contribution in [2.24, 2.45) is 0 Å². The zero-order valence-electron chi connectivity index (χ0n) is 11.5. The van der Waals surface area contributed by atoms with Crippen LogP contribution in [0.5, 0.6) is 0 Å². The summed E-state index contributed by atoms with van der Waals surface area (Å²) in [5.74, 6) is -0.551. The summed E-state index contributed by atoms with van der Waals surface area (Å²) in [5, 5.41) is 19.8. The third kappa shape index (κ3) is 3.12. The molecule has 0 saturated heterocycles. The molecule has 20 heavy (non-hydrogen) atoms. The summed E-state index contributed by atoms with van der Waals surface area (Å²) >= 11 is 0. The Morgan fingerprint density at radius 1 is 1.50 bits per heavy atom. The lowest BCUT2D eigenvalue weighted by atomic mass is 9.77. The van der Waals surface area contributed by atoms with Crippen LogP contribution in [0.4, 0.5) is 5.69 Å². The largest absolute Gasteiger partial charge is 0.465 e. The van der Waals surface area contributed by atoms with Crippen molar-refractivity contribution in [1.29, 1.82) is 5.26 Å². The van der Waals surface area contributed by atoms with Gasteiger partial charge in [0.15, 0.2) is 0 Å². The molecule has 0 aliphatic heterocycles. The number of esters is 1. The van der Waals surface area contributed by atoms with Crippen LogP contribution in [0.25, 0.3) is 0 Å². The SMILES string of the molecule is CCOC(=O)C(C)(CCC#N)c1ccccc1[N+](=O)[O-]. The van der Waals surface area contributed by atoms with Crippen LogP contribution in [0.15, 0.2) is 24.3 Å². The number of rotatable bonds is 6. The van der Waals surface area contributed by atoms with Crippen molar-refractivity contribution in [3.05, 3.63) is 39.9 Å². The predicted octanol–water partition coefficient (Wildman–Crippen LogP) is 2.72. The van der Waals surface area contributed by atoms with E-state index in [1.807, 2.05) is 6.07 Å². The Balaban J connectivity index is 3.34. The van der Waals surface area contributed by atoms with Crippen molar-refractivity contribution >= 4 is 11.7 Å².